The van der Waals surface area contributed by atoms with Crippen molar-refractivity contribution in [2.45, 2.75) is 45.1 Å². The zero-order valence-corrected chi connectivity index (χ0v) is 10.0. The summed E-state index contributed by atoms with van der Waals surface area (Å²) >= 11 is 0. The topological polar surface area (TPSA) is 46.5 Å². The summed E-state index contributed by atoms with van der Waals surface area (Å²) in [5.41, 5.74) is 0.943. The third-order valence-corrected chi connectivity index (χ3v) is 4.17. The molecule has 16 heavy (non-hydrogen) atoms. The van der Waals surface area contributed by atoms with Crippen LogP contribution < -0.4 is 0 Å². The number of ether oxygens (including phenoxy) is 1. The fraction of sp³-hybridized carbons (Fsp3) is 0.769. The van der Waals surface area contributed by atoms with Gasteiger partial charge in [0.05, 0.1) is 19.1 Å². The Morgan fingerprint density at radius 3 is 2.69 bits per heavy atom. The van der Waals surface area contributed by atoms with Gasteiger partial charge in [0.25, 0.3) is 0 Å². The average molecular weight is 224 g/mol. The first kappa shape index (κ1) is 11.6. The number of hydrogen-bond donors (Lipinski definition) is 1. The molecule has 1 spiro atoms. The summed E-state index contributed by atoms with van der Waals surface area (Å²) in [5, 5.41) is 9.85. The Balaban J connectivity index is 2.34. The molecule has 0 aliphatic heterocycles. The molecule has 0 aromatic rings. The van der Waals surface area contributed by atoms with Gasteiger partial charge in [0.15, 0.2) is 0 Å². The molecule has 2 rings (SSSR count). The van der Waals surface area contributed by atoms with Gasteiger partial charge in [-0.15, -0.1) is 0 Å². The van der Waals surface area contributed by atoms with Crippen molar-refractivity contribution >= 4 is 5.97 Å². The maximum atomic E-state index is 11.9. The summed E-state index contributed by atoms with van der Waals surface area (Å²) in [6.45, 7) is 1.93. The van der Waals surface area contributed by atoms with E-state index in [2.05, 4.69) is 0 Å². The molecule has 1 saturated carbocycles. The van der Waals surface area contributed by atoms with Crippen LogP contribution >= 0.6 is 0 Å². The summed E-state index contributed by atoms with van der Waals surface area (Å²) in [6, 6.07) is 0. The van der Waals surface area contributed by atoms with Crippen molar-refractivity contribution in [1.82, 2.24) is 0 Å². The molecule has 2 aliphatic carbocycles. The summed E-state index contributed by atoms with van der Waals surface area (Å²) in [7, 11) is 1.45. The molecule has 0 heterocycles. The number of esters is 1. The van der Waals surface area contributed by atoms with E-state index in [9.17, 15) is 9.90 Å². The molecule has 0 amide bonds. The lowest BCUT2D eigenvalue weighted by Crippen LogP contribution is -2.41. The van der Waals surface area contributed by atoms with E-state index in [4.69, 9.17) is 4.74 Å². The number of carbonyl (C=O) groups excluding carboxylic acids is 1. The lowest BCUT2D eigenvalue weighted by Gasteiger charge is -2.41. The van der Waals surface area contributed by atoms with Crippen LogP contribution in [0, 0.1) is 11.3 Å². The van der Waals surface area contributed by atoms with Gasteiger partial charge in [-0.2, -0.15) is 0 Å². The van der Waals surface area contributed by atoms with E-state index in [-0.39, 0.29) is 23.4 Å². The van der Waals surface area contributed by atoms with E-state index < -0.39 is 0 Å². The number of carbonyl (C=O) groups is 1. The molecule has 3 nitrogen and oxygen atoms in total. The van der Waals surface area contributed by atoms with Gasteiger partial charge in [-0.3, -0.25) is 4.79 Å². The monoisotopic (exact) mass is 224 g/mol. The van der Waals surface area contributed by atoms with E-state index in [0.29, 0.717) is 6.42 Å². The minimum Gasteiger partial charge on any atom is -0.469 e. The summed E-state index contributed by atoms with van der Waals surface area (Å²) in [5.74, 6) is -0.272. The largest absolute Gasteiger partial charge is 0.469 e. The summed E-state index contributed by atoms with van der Waals surface area (Å²) in [6.07, 6.45) is 6.53. The van der Waals surface area contributed by atoms with Crippen molar-refractivity contribution in [3.63, 3.8) is 0 Å². The lowest BCUT2D eigenvalue weighted by atomic mass is 9.64. The first-order valence-corrected chi connectivity index (χ1v) is 6.03. The van der Waals surface area contributed by atoms with Crippen molar-refractivity contribution in [3.8, 4) is 0 Å². The predicted octanol–water partition coefficient (Wildman–Crippen LogP) is 2.05. The molecular formula is C13H20O3. The fourth-order valence-electron chi connectivity index (χ4n) is 3.60. The Labute approximate surface area is 96.5 Å². The number of aliphatic hydroxyl groups excluding tert-OH is 1. The second-order valence-corrected chi connectivity index (χ2v) is 5.21. The molecule has 0 unspecified atom stereocenters. The second-order valence-electron chi connectivity index (χ2n) is 5.21. The SMILES string of the molecule is COC(=O)[C@H]1C(C)=C[C@H](O)CC12CCCC2. The van der Waals surface area contributed by atoms with E-state index in [0.717, 1.165) is 31.3 Å². The van der Waals surface area contributed by atoms with Crippen LogP contribution in [0.5, 0.6) is 0 Å². The number of aliphatic hydroxyl groups is 1. The zero-order chi connectivity index (χ0) is 11.8. The Hall–Kier alpha value is -0.830. The average Bonchev–Trinajstić information content (AvgIpc) is 2.65. The van der Waals surface area contributed by atoms with Gasteiger partial charge in [0.1, 0.15) is 0 Å². The summed E-state index contributed by atoms with van der Waals surface area (Å²) < 4.78 is 4.92. The van der Waals surface area contributed by atoms with Gasteiger partial charge in [0, 0.05) is 0 Å². The Morgan fingerprint density at radius 2 is 2.12 bits per heavy atom. The highest BCUT2D eigenvalue weighted by Crippen LogP contribution is 2.52. The van der Waals surface area contributed by atoms with E-state index >= 15 is 0 Å². The molecule has 0 radical (unpaired) electrons. The molecule has 2 aliphatic rings. The van der Waals surface area contributed by atoms with E-state index in [1.165, 1.54) is 7.11 Å². The molecule has 0 bridgehead atoms. The van der Waals surface area contributed by atoms with Crippen LogP contribution in [-0.2, 0) is 9.53 Å². The molecular weight excluding hydrogens is 204 g/mol. The molecule has 90 valence electrons. The van der Waals surface area contributed by atoms with Crippen LogP contribution in [0.1, 0.15) is 39.0 Å². The smallest absolute Gasteiger partial charge is 0.313 e. The summed E-state index contributed by atoms with van der Waals surface area (Å²) in [4.78, 5) is 11.9. The quantitative estimate of drug-likeness (QED) is 0.547. The Kier molecular flexibility index (Phi) is 3.06. The van der Waals surface area contributed by atoms with Crippen LogP contribution in [0.25, 0.3) is 0 Å². The number of rotatable bonds is 1. The molecule has 2 atom stereocenters. The van der Waals surface area contributed by atoms with Gasteiger partial charge >= 0.3 is 5.97 Å². The highest BCUT2D eigenvalue weighted by atomic mass is 16.5. The maximum absolute atomic E-state index is 11.9. The maximum Gasteiger partial charge on any atom is 0.313 e. The fourth-order valence-corrected chi connectivity index (χ4v) is 3.60. The number of hydrogen-bond acceptors (Lipinski definition) is 3. The Bertz CT molecular complexity index is 313. The number of methoxy groups -OCH3 is 1. The van der Waals surface area contributed by atoms with Gasteiger partial charge in [-0.05, 0) is 31.6 Å². The van der Waals surface area contributed by atoms with Gasteiger partial charge in [-0.25, -0.2) is 0 Å². The first-order valence-electron chi connectivity index (χ1n) is 6.03. The van der Waals surface area contributed by atoms with Gasteiger partial charge < -0.3 is 9.84 Å². The molecule has 0 aromatic heterocycles. The van der Waals surface area contributed by atoms with Crippen LogP contribution in [0.4, 0.5) is 0 Å². The van der Waals surface area contributed by atoms with E-state index in [1.807, 2.05) is 13.0 Å². The van der Waals surface area contributed by atoms with Crippen LogP contribution in [0.3, 0.4) is 0 Å². The predicted molar refractivity (Wildman–Crippen MR) is 60.8 cm³/mol. The minimum absolute atomic E-state index is 0.0364. The standard InChI is InChI=1S/C13H20O3/c1-9-7-10(14)8-13(5-3-4-6-13)11(9)12(15)16-2/h7,10-11,14H,3-6,8H2,1-2H3/t10-,11+/m0/s1. The third kappa shape index (κ3) is 1.77. The van der Waals surface area contributed by atoms with Crippen molar-refractivity contribution in [1.29, 1.82) is 0 Å². The minimum atomic E-state index is -0.390. The molecule has 3 heteroatoms. The highest BCUT2D eigenvalue weighted by Gasteiger charge is 2.49. The van der Waals surface area contributed by atoms with Gasteiger partial charge in [0.2, 0.25) is 0 Å². The Morgan fingerprint density at radius 1 is 1.50 bits per heavy atom. The molecule has 1 fully saturated rings. The molecule has 0 saturated heterocycles. The zero-order valence-electron chi connectivity index (χ0n) is 10.0. The first-order chi connectivity index (χ1) is 7.59. The second kappa shape index (κ2) is 4.21. The van der Waals surface area contributed by atoms with Crippen LogP contribution in [-0.4, -0.2) is 24.3 Å². The van der Waals surface area contributed by atoms with Crippen LogP contribution in [0.15, 0.2) is 11.6 Å². The van der Waals surface area contributed by atoms with Crippen molar-refractivity contribution in [3.05, 3.63) is 11.6 Å². The van der Waals surface area contributed by atoms with Crippen LogP contribution in [0.2, 0.25) is 0 Å². The van der Waals surface area contributed by atoms with Crippen molar-refractivity contribution in [2.75, 3.05) is 7.11 Å². The highest BCUT2D eigenvalue weighted by molar-refractivity contribution is 5.77. The van der Waals surface area contributed by atoms with Gasteiger partial charge in [-0.1, -0.05) is 24.5 Å². The van der Waals surface area contributed by atoms with Crippen molar-refractivity contribution < 1.29 is 14.6 Å². The normalized spacial score (nSPS) is 32.6. The van der Waals surface area contributed by atoms with E-state index in [1.54, 1.807) is 0 Å². The lowest BCUT2D eigenvalue weighted by molar-refractivity contribution is -0.149. The van der Waals surface area contributed by atoms with Crippen molar-refractivity contribution in [2.24, 2.45) is 11.3 Å². The molecule has 0 aromatic carbocycles. The molecule has 1 N–H and O–H groups in total. The third-order valence-electron chi connectivity index (χ3n) is 4.17.